The van der Waals surface area contributed by atoms with Crippen molar-refractivity contribution in [3.8, 4) is 12.3 Å². The van der Waals surface area contributed by atoms with Crippen LogP contribution < -0.4 is 5.32 Å². The van der Waals surface area contributed by atoms with Crippen LogP contribution in [-0.4, -0.2) is 23.4 Å². The molecule has 94 valence electrons. The molecule has 5 nitrogen and oxygen atoms in total. The van der Waals surface area contributed by atoms with Crippen molar-refractivity contribution >= 4 is 5.91 Å². The van der Waals surface area contributed by atoms with Gasteiger partial charge in [0.1, 0.15) is 0 Å². The highest BCUT2D eigenvalue weighted by molar-refractivity contribution is 5.77. The lowest BCUT2D eigenvalue weighted by Crippen LogP contribution is -2.37. The summed E-state index contributed by atoms with van der Waals surface area (Å²) in [5.74, 6) is 1.77. The zero-order valence-corrected chi connectivity index (χ0v) is 9.83. The van der Waals surface area contributed by atoms with Crippen molar-refractivity contribution in [3.05, 3.63) is 46.0 Å². The third-order valence-corrected chi connectivity index (χ3v) is 2.37. The van der Waals surface area contributed by atoms with Gasteiger partial charge in [0.05, 0.1) is 6.04 Å². The Morgan fingerprint density at radius 3 is 2.67 bits per heavy atom. The van der Waals surface area contributed by atoms with Crippen molar-refractivity contribution in [2.45, 2.75) is 18.9 Å². The van der Waals surface area contributed by atoms with E-state index in [1.54, 1.807) is 0 Å². The maximum atomic E-state index is 11.2. The van der Waals surface area contributed by atoms with Crippen molar-refractivity contribution in [1.82, 2.24) is 5.32 Å². The van der Waals surface area contributed by atoms with Gasteiger partial charge in [0.15, 0.2) is 0 Å². The van der Waals surface area contributed by atoms with Crippen LogP contribution in [0.3, 0.4) is 0 Å². The zero-order chi connectivity index (χ0) is 13.4. The Kier molecular flexibility index (Phi) is 5.39. The van der Waals surface area contributed by atoms with Gasteiger partial charge in [-0.25, -0.2) is 0 Å². The molecule has 0 aromatic heterocycles. The fourth-order valence-corrected chi connectivity index (χ4v) is 1.51. The van der Waals surface area contributed by atoms with Crippen molar-refractivity contribution in [1.29, 1.82) is 0 Å². The number of carbonyl (C=O) groups is 1. The maximum Gasteiger partial charge on any atom is 0.292 e. The molecule has 0 heterocycles. The Morgan fingerprint density at radius 2 is 2.11 bits per heavy atom. The Hall–Kier alpha value is -2.35. The van der Waals surface area contributed by atoms with Crippen molar-refractivity contribution in [2.75, 3.05) is 6.54 Å². The molecule has 1 rings (SSSR count). The minimum absolute atomic E-state index is 0.474. The summed E-state index contributed by atoms with van der Waals surface area (Å²) in [5, 5.41) is 12.6. The molecule has 1 aromatic carbocycles. The van der Waals surface area contributed by atoms with Gasteiger partial charge in [-0.1, -0.05) is 36.3 Å². The Balaban J connectivity index is 2.41. The van der Waals surface area contributed by atoms with Gasteiger partial charge in [-0.3, -0.25) is 14.9 Å². The molecule has 1 amide bonds. The number of aryl methyl sites for hydroxylation is 1. The molecular weight excluding hydrogens is 232 g/mol. The normalized spacial score (nSPS) is 11.3. The van der Waals surface area contributed by atoms with E-state index in [1.807, 2.05) is 30.3 Å². The summed E-state index contributed by atoms with van der Waals surface area (Å²) >= 11 is 0. The Bertz CT molecular complexity index is 451. The molecule has 1 aromatic rings. The van der Waals surface area contributed by atoms with E-state index in [0.29, 0.717) is 12.8 Å². The number of benzene rings is 1. The van der Waals surface area contributed by atoms with Gasteiger partial charge in [-0.05, 0) is 18.4 Å². The van der Waals surface area contributed by atoms with Crippen LogP contribution >= 0.6 is 0 Å². The predicted octanol–water partition coefficient (Wildman–Crippen LogP) is 1.01. The number of amides is 1. The fourth-order valence-electron chi connectivity index (χ4n) is 1.51. The fraction of sp³-hybridized carbons (Fsp3) is 0.308. The number of terminal acetylenes is 1. The Labute approximate surface area is 105 Å². The molecule has 0 aliphatic rings. The van der Waals surface area contributed by atoms with E-state index in [9.17, 15) is 14.9 Å². The third kappa shape index (κ3) is 5.12. The molecule has 1 atom stereocenters. The quantitative estimate of drug-likeness (QED) is 0.462. The molecule has 0 saturated carbocycles. The van der Waals surface area contributed by atoms with E-state index in [2.05, 4.69) is 11.2 Å². The van der Waals surface area contributed by atoms with Crippen LogP contribution in [-0.2, 0) is 11.2 Å². The Morgan fingerprint density at radius 1 is 1.44 bits per heavy atom. The molecule has 0 saturated heterocycles. The topological polar surface area (TPSA) is 72.2 Å². The molecule has 1 N–H and O–H groups in total. The smallest absolute Gasteiger partial charge is 0.292 e. The molecule has 0 aliphatic carbocycles. The van der Waals surface area contributed by atoms with Crippen LogP contribution in [0.15, 0.2) is 30.3 Å². The highest BCUT2D eigenvalue weighted by atomic mass is 16.6. The standard InChI is InChI=1S/C13H14N2O3/c1-2-12(14-13(16)10-15(17)18)9-8-11-6-4-3-5-7-11/h1,3-7,12H,8-10H2,(H,14,16)/t12-/m1/s1. The van der Waals surface area contributed by atoms with Crippen LogP contribution in [0.25, 0.3) is 0 Å². The van der Waals surface area contributed by atoms with Crippen LogP contribution in [0.5, 0.6) is 0 Å². The summed E-state index contributed by atoms with van der Waals surface area (Å²) in [4.78, 5) is 20.7. The first-order chi connectivity index (χ1) is 8.61. The summed E-state index contributed by atoms with van der Waals surface area (Å²) < 4.78 is 0. The van der Waals surface area contributed by atoms with E-state index < -0.39 is 23.4 Å². The molecule has 0 radical (unpaired) electrons. The largest absolute Gasteiger partial charge is 0.337 e. The number of carbonyl (C=O) groups excluding carboxylic acids is 1. The van der Waals surface area contributed by atoms with Gasteiger partial charge in [0, 0.05) is 4.92 Å². The van der Waals surface area contributed by atoms with Crippen molar-refractivity contribution in [2.24, 2.45) is 0 Å². The molecule has 0 bridgehead atoms. The molecule has 0 aliphatic heterocycles. The summed E-state index contributed by atoms with van der Waals surface area (Å²) in [6.45, 7) is -0.747. The minimum atomic E-state index is -0.747. The molecule has 0 spiro atoms. The second kappa shape index (κ2) is 7.07. The van der Waals surface area contributed by atoms with E-state index >= 15 is 0 Å². The van der Waals surface area contributed by atoms with Gasteiger partial charge in [-0.15, -0.1) is 6.42 Å². The van der Waals surface area contributed by atoms with Crippen LogP contribution in [0.2, 0.25) is 0 Å². The van der Waals surface area contributed by atoms with Gasteiger partial charge in [-0.2, -0.15) is 0 Å². The highest BCUT2D eigenvalue weighted by Gasteiger charge is 2.13. The molecule has 18 heavy (non-hydrogen) atoms. The lowest BCUT2D eigenvalue weighted by Gasteiger charge is -2.11. The SMILES string of the molecule is C#C[C@H](CCc1ccccc1)NC(=O)C[N+](=O)[O-]. The first-order valence-corrected chi connectivity index (χ1v) is 5.53. The summed E-state index contributed by atoms with van der Waals surface area (Å²) in [5.41, 5.74) is 1.11. The summed E-state index contributed by atoms with van der Waals surface area (Å²) in [6, 6.07) is 9.22. The number of hydrogen-bond acceptors (Lipinski definition) is 3. The van der Waals surface area contributed by atoms with Gasteiger partial charge < -0.3 is 5.32 Å². The highest BCUT2D eigenvalue weighted by Crippen LogP contribution is 2.04. The zero-order valence-electron chi connectivity index (χ0n) is 9.83. The number of nitro groups is 1. The first-order valence-electron chi connectivity index (χ1n) is 5.53. The monoisotopic (exact) mass is 246 g/mol. The molecule has 5 heteroatoms. The van der Waals surface area contributed by atoms with E-state index in [-0.39, 0.29) is 0 Å². The van der Waals surface area contributed by atoms with Crippen molar-refractivity contribution in [3.63, 3.8) is 0 Å². The molecule has 0 unspecified atom stereocenters. The second-order valence-corrected chi connectivity index (χ2v) is 3.80. The average Bonchev–Trinajstić information content (AvgIpc) is 2.34. The van der Waals surface area contributed by atoms with Crippen LogP contribution in [0.1, 0.15) is 12.0 Å². The maximum absolute atomic E-state index is 11.2. The van der Waals surface area contributed by atoms with E-state index in [4.69, 9.17) is 6.42 Å². The lowest BCUT2D eigenvalue weighted by molar-refractivity contribution is -0.467. The van der Waals surface area contributed by atoms with Crippen LogP contribution in [0.4, 0.5) is 0 Å². The number of rotatable bonds is 6. The van der Waals surface area contributed by atoms with Crippen LogP contribution in [0, 0.1) is 22.5 Å². The number of hydrogen-bond donors (Lipinski definition) is 1. The van der Waals surface area contributed by atoms with Gasteiger partial charge in [0.2, 0.25) is 0 Å². The molecule has 0 fully saturated rings. The predicted molar refractivity (Wildman–Crippen MR) is 67.4 cm³/mol. The van der Waals surface area contributed by atoms with Gasteiger partial charge in [0.25, 0.3) is 12.5 Å². The number of nitrogens with zero attached hydrogens (tertiary/aromatic N) is 1. The summed E-state index contributed by atoms with van der Waals surface area (Å²) in [6.07, 6.45) is 6.56. The first kappa shape index (κ1) is 13.7. The van der Waals surface area contributed by atoms with Gasteiger partial charge >= 0.3 is 0 Å². The average molecular weight is 246 g/mol. The molecular formula is C13H14N2O3. The van der Waals surface area contributed by atoms with E-state index in [0.717, 1.165) is 5.56 Å². The summed E-state index contributed by atoms with van der Waals surface area (Å²) in [7, 11) is 0. The van der Waals surface area contributed by atoms with Crippen molar-refractivity contribution < 1.29 is 9.72 Å². The second-order valence-electron chi connectivity index (χ2n) is 3.80. The van der Waals surface area contributed by atoms with E-state index in [1.165, 1.54) is 0 Å². The lowest BCUT2D eigenvalue weighted by atomic mass is 10.1. The third-order valence-electron chi connectivity index (χ3n) is 2.37. The number of nitrogens with one attached hydrogen (secondary N) is 1. The minimum Gasteiger partial charge on any atom is -0.337 e.